The monoisotopic (exact) mass is 499 g/mol. The number of sulfone groups is 1. The molecule has 0 aromatic heterocycles. The van der Waals surface area contributed by atoms with Crippen LogP contribution in [0.2, 0.25) is 5.02 Å². The lowest BCUT2D eigenvalue weighted by molar-refractivity contribution is 0.0334. The molecule has 6 nitrogen and oxygen atoms in total. The van der Waals surface area contributed by atoms with Crippen LogP contribution in [0.25, 0.3) is 0 Å². The lowest BCUT2D eigenvalue weighted by Gasteiger charge is -2.50. The number of benzene rings is 2. The first-order valence-corrected chi connectivity index (χ1v) is 12.6. The Hall–Kier alpha value is -2.39. The molecule has 1 aliphatic carbocycles. The van der Waals surface area contributed by atoms with E-state index >= 15 is 4.39 Å². The Kier molecular flexibility index (Phi) is 6.55. The zero-order valence-electron chi connectivity index (χ0n) is 17.9. The molecule has 1 N–H and O–H groups in total. The minimum absolute atomic E-state index is 0.0429. The number of hydrogen-bond acceptors (Lipinski definition) is 5. The molecule has 0 spiro atoms. The predicted molar refractivity (Wildman–Crippen MR) is 118 cm³/mol. The normalized spacial score (nSPS) is 24.2. The van der Waals surface area contributed by atoms with Crippen LogP contribution in [0.1, 0.15) is 31.7 Å². The van der Waals surface area contributed by atoms with Crippen molar-refractivity contribution in [3.63, 3.8) is 0 Å². The number of carbonyl (C=O) groups excluding carboxylic acids is 1. The second kappa shape index (κ2) is 9.10. The molecular weight excluding hydrogens is 476 g/mol. The number of amides is 1. The molecule has 0 radical (unpaired) electrons. The molecule has 2 aromatic carbocycles. The molecule has 1 saturated carbocycles. The number of fused-ring (bicyclic) bond motifs is 3. The van der Waals surface area contributed by atoms with Gasteiger partial charge in [0.15, 0.2) is 21.4 Å². The number of carbonyl (C=O) groups is 1. The van der Waals surface area contributed by atoms with Gasteiger partial charge in [-0.05, 0) is 56.2 Å². The van der Waals surface area contributed by atoms with Crippen LogP contribution in [0.3, 0.4) is 0 Å². The maximum absolute atomic E-state index is 15.3. The third kappa shape index (κ3) is 3.95. The number of halogens is 3. The van der Waals surface area contributed by atoms with Crippen molar-refractivity contribution in [3.8, 4) is 5.75 Å². The van der Waals surface area contributed by atoms with Crippen molar-refractivity contribution in [3.05, 3.63) is 58.6 Å². The number of hydrogen-bond donors (Lipinski definition) is 1. The van der Waals surface area contributed by atoms with Gasteiger partial charge in [0.05, 0.1) is 23.7 Å². The predicted octanol–water partition coefficient (Wildman–Crippen LogP) is 4.84. The van der Waals surface area contributed by atoms with E-state index in [1.54, 1.807) is 6.92 Å². The second-order valence-corrected chi connectivity index (χ2v) is 10.9. The van der Waals surface area contributed by atoms with Crippen molar-refractivity contribution in [1.29, 1.82) is 0 Å². The molecule has 10 heteroatoms. The lowest BCUT2D eigenvalue weighted by Crippen LogP contribution is -2.55. The van der Waals surface area contributed by atoms with Gasteiger partial charge in [-0.3, -0.25) is 0 Å². The van der Waals surface area contributed by atoms with Gasteiger partial charge < -0.3 is 14.8 Å². The summed E-state index contributed by atoms with van der Waals surface area (Å²) in [5, 5.41) is 2.88. The van der Waals surface area contributed by atoms with Crippen molar-refractivity contribution >= 4 is 27.5 Å². The Morgan fingerprint density at radius 2 is 1.91 bits per heavy atom. The molecule has 33 heavy (non-hydrogen) atoms. The van der Waals surface area contributed by atoms with Gasteiger partial charge >= 0.3 is 6.09 Å². The maximum Gasteiger partial charge on any atom is 0.407 e. The van der Waals surface area contributed by atoms with E-state index in [2.05, 4.69) is 5.32 Å². The summed E-state index contributed by atoms with van der Waals surface area (Å²) in [4.78, 5) is 11.8. The largest absolute Gasteiger partial charge is 0.490 e. The molecule has 1 unspecified atom stereocenters. The quantitative estimate of drug-likeness (QED) is 0.636. The zero-order valence-corrected chi connectivity index (χ0v) is 19.5. The van der Waals surface area contributed by atoms with E-state index < -0.39 is 44.1 Å². The second-order valence-electron chi connectivity index (χ2n) is 8.28. The van der Waals surface area contributed by atoms with E-state index in [9.17, 15) is 17.6 Å². The van der Waals surface area contributed by atoms with Gasteiger partial charge in [-0.25, -0.2) is 22.0 Å². The molecule has 3 atom stereocenters. The van der Waals surface area contributed by atoms with E-state index in [-0.39, 0.29) is 35.8 Å². The minimum atomic E-state index is -4.24. The highest BCUT2D eigenvalue weighted by atomic mass is 35.5. The summed E-state index contributed by atoms with van der Waals surface area (Å²) < 4.78 is 67.4. The van der Waals surface area contributed by atoms with Crippen LogP contribution in [0.5, 0.6) is 5.75 Å². The van der Waals surface area contributed by atoms with Crippen molar-refractivity contribution in [1.82, 2.24) is 5.32 Å². The van der Waals surface area contributed by atoms with E-state index in [0.29, 0.717) is 24.4 Å². The SMILES string of the molecule is CCNC(=O)OC[C@H]1CCC[C@]2(S(=O)(=O)c3ccc(Cl)cc3)c3c(F)ccc(F)c3OCC12. The molecule has 1 fully saturated rings. The Morgan fingerprint density at radius 3 is 2.61 bits per heavy atom. The molecule has 2 aromatic rings. The molecule has 0 saturated heterocycles. The van der Waals surface area contributed by atoms with Gasteiger partial charge in [0, 0.05) is 23.4 Å². The van der Waals surface area contributed by atoms with Gasteiger partial charge in [-0.2, -0.15) is 0 Å². The summed E-state index contributed by atoms with van der Waals surface area (Å²) in [5.41, 5.74) is -0.295. The van der Waals surface area contributed by atoms with Crippen molar-refractivity contribution in [2.45, 2.75) is 35.8 Å². The topological polar surface area (TPSA) is 81.7 Å². The number of rotatable bonds is 5. The summed E-state index contributed by atoms with van der Waals surface area (Å²) in [6, 6.07) is 7.47. The fraction of sp³-hybridized carbons (Fsp3) is 0.435. The van der Waals surface area contributed by atoms with Crippen LogP contribution >= 0.6 is 11.6 Å². The molecule has 0 bridgehead atoms. The summed E-state index contributed by atoms with van der Waals surface area (Å²) in [6.45, 7) is 1.91. The third-order valence-electron chi connectivity index (χ3n) is 6.53. The Morgan fingerprint density at radius 1 is 1.21 bits per heavy atom. The number of alkyl carbamates (subject to hydrolysis) is 1. The van der Waals surface area contributed by atoms with Crippen LogP contribution in [-0.2, 0) is 19.3 Å². The van der Waals surface area contributed by atoms with Crippen LogP contribution < -0.4 is 10.1 Å². The van der Waals surface area contributed by atoms with Crippen LogP contribution in [-0.4, -0.2) is 34.3 Å². The first-order valence-electron chi connectivity index (χ1n) is 10.7. The van der Waals surface area contributed by atoms with E-state index in [1.165, 1.54) is 24.3 Å². The van der Waals surface area contributed by atoms with Crippen molar-refractivity contribution < 1.29 is 31.5 Å². The lowest BCUT2D eigenvalue weighted by atomic mass is 9.67. The van der Waals surface area contributed by atoms with Gasteiger partial charge in [0.1, 0.15) is 10.6 Å². The minimum Gasteiger partial charge on any atom is -0.490 e. The van der Waals surface area contributed by atoms with E-state index in [1.807, 2.05) is 0 Å². The number of ether oxygens (including phenoxy) is 2. The fourth-order valence-corrected chi connectivity index (χ4v) is 7.66. The number of nitrogens with one attached hydrogen (secondary N) is 1. The molecule has 1 aliphatic heterocycles. The van der Waals surface area contributed by atoms with Gasteiger partial charge in [0.2, 0.25) is 0 Å². The highest BCUT2D eigenvalue weighted by Gasteiger charge is 2.61. The van der Waals surface area contributed by atoms with Crippen LogP contribution in [0, 0.1) is 23.5 Å². The summed E-state index contributed by atoms with van der Waals surface area (Å²) in [5.74, 6) is -3.24. The van der Waals surface area contributed by atoms with Crippen molar-refractivity contribution in [2.75, 3.05) is 19.8 Å². The first-order chi connectivity index (χ1) is 15.7. The molecule has 178 valence electrons. The van der Waals surface area contributed by atoms with Crippen LogP contribution in [0.15, 0.2) is 41.3 Å². The van der Waals surface area contributed by atoms with Gasteiger partial charge in [-0.1, -0.05) is 18.0 Å². The Labute approximate surface area is 196 Å². The molecule has 1 amide bonds. The summed E-state index contributed by atoms with van der Waals surface area (Å²) in [6.07, 6.45) is 0.431. The highest BCUT2D eigenvalue weighted by Crippen LogP contribution is 2.58. The Bertz CT molecular complexity index is 1160. The van der Waals surface area contributed by atoms with Gasteiger partial charge in [-0.15, -0.1) is 0 Å². The average Bonchev–Trinajstić information content (AvgIpc) is 2.79. The summed E-state index contributed by atoms with van der Waals surface area (Å²) in [7, 11) is -4.24. The van der Waals surface area contributed by atoms with Crippen molar-refractivity contribution in [2.24, 2.45) is 11.8 Å². The zero-order chi connectivity index (χ0) is 23.8. The third-order valence-corrected chi connectivity index (χ3v) is 9.35. The first kappa shape index (κ1) is 23.8. The van der Waals surface area contributed by atoms with Gasteiger partial charge in [0.25, 0.3) is 0 Å². The average molecular weight is 500 g/mol. The smallest absolute Gasteiger partial charge is 0.407 e. The fourth-order valence-electron chi connectivity index (χ4n) is 5.09. The standard InChI is InChI=1S/C23H24ClF2NO5S/c1-2-27-22(28)32-12-14-4-3-11-23(33(29,30)16-7-5-15(24)6-8-16)17(14)13-31-21-19(26)10-9-18(25)20(21)23/h5-10,14,17H,2-4,11-13H2,1H3,(H,27,28)/t14-,17?,23-/m1/s1. The summed E-state index contributed by atoms with van der Waals surface area (Å²) >= 11 is 5.95. The highest BCUT2D eigenvalue weighted by molar-refractivity contribution is 7.92. The van der Waals surface area contributed by atoms with E-state index in [4.69, 9.17) is 21.1 Å². The van der Waals surface area contributed by atoms with E-state index in [0.717, 1.165) is 12.1 Å². The molecule has 4 rings (SSSR count). The molecule has 2 aliphatic rings. The maximum atomic E-state index is 15.3. The molecular formula is C23H24ClF2NO5S. The van der Waals surface area contributed by atoms with Crippen LogP contribution in [0.4, 0.5) is 13.6 Å². The Balaban J connectivity index is 1.87. The molecule has 1 heterocycles.